The number of alkyl halides is 1. The standard InChI is InChI=1S/C13H11Br2ClO2S/c1-17-10-5-7(9(15)6-11(10)18-2)12(16)13-8(14)3-4-19-13/h3-6,12H,1-2H3. The molecular formula is C13H11Br2ClO2S. The van der Waals surface area contributed by atoms with Gasteiger partial charge in [-0.15, -0.1) is 22.9 Å². The Morgan fingerprint density at radius 2 is 1.74 bits per heavy atom. The van der Waals surface area contributed by atoms with Crippen molar-refractivity contribution in [1.82, 2.24) is 0 Å². The molecule has 102 valence electrons. The largest absolute Gasteiger partial charge is 0.493 e. The summed E-state index contributed by atoms with van der Waals surface area (Å²) in [6.45, 7) is 0. The Labute approximate surface area is 137 Å². The summed E-state index contributed by atoms with van der Waals surface area (Å²) in [5.74, 6) is 1.34. The minimum atomic E-state index is -0.247. The van der Waals surface area contributed by atoms with Crippen LogP contribution in [0.1, 0.15) is 15.8 Å². The molecule has 19 heavy (non-hydrogen) atoms. The number of benzene rings is 1. The van der Waals surface area contributed by atoms with Gasteiger partial charge in [0.25, 0.3) is 0 Å². The predicted molar refractivity (Wildman–Crippen MR) is 87.0 cm³/mol. The van der Waals surface area contributed by atoms with Crippen molar-refractivity contribution >= 4 is 54.8 Å². The predicted octanol–water partition coefficient (Wildman–Crippen LogP) is 5.62. The fourth-order valence-corrected chi connectivity index (χ4v) is 4.55. The van der Waals surface area contributed by atoms with Gasteiger partial charge in [0, 0.05) is 13.8 Å². The smallest absolute Gasteiger partial charge is 0.161 e. The zero-order valence-electron chi connectivity index (χ0n) is 10.2. The van der Waals surface area contributed by atoms with Crippen molar-refractivity contribution in [3.05, 3.63) is 43.0 Å². The van der Waals surface area contributed by atoms with E-state index in [4.69, 9.17) is 21.1 Å². The van der Waals surface area contributed by atoms with Crippen LogP contribution in [0.2, 0.25) is 0 Å². The van der Waals surface area contributed by atoms with Crippen molar-refractivity contribution in [2.45, 2.75) is 5.38 Å². The summed E-state index contributed by atoms with van der Waals surface area (Å²) >= 11 is 15.2. The van der Waals surface area contributed by atoms with Gasteiger partial charge in [0.2, 0.25) is 0 Å². The third-order valence-corrected chi connectivity index (χ3v) is 5.86. The van der Waals surface area contributed by atoms with Gasteiger partial charge in [-0.05, 0) is 45.1 Å². The van der Waals surface area contributed by atoms with E-state index < -0.39 is 0 Å². The molecule has 0 saturated carbocycles. The summed E-state index contributed by atoms with van der Waals surface area (Å²) in [7, 11) is 3.22. The van der Waals surface area contributed by atoms with Gasteiger partial charge in [-0.3, -0.25) is 0 Å². The van der Waals surface area contributed by atoms with Gasteiger partial charge in [-0.25, -0.2) is 0 Å². The number of thiophene rings is 1. The number of methoxy groups -OCH3 is 2. The van der Waals surface area contributed by atoms with E-state index in [0.717, 1.165) is 19.4 Å². The molecule has 0 aliphatic carbocycles. The maximum atomic E-state index is 6.56. The van der Waals surface area contributed by atoms with E-state index in [0.29, 0.717) is 11.5 Å². The molecule has 1 aromatic carbocycles. The molecule has 2 aromatic rings. The second-order valence-electron chi connectivity index (χ2n) is 3.72. The van der Waals surface area contributed by atoms with Gasteiger partial charge in [0.05, 0.1) is 19.6 Å². The van der Waals surface area contributed by atoms with Crippen LogP contribution >= 0.6 is 54.8 Å². The topological polar surface area (TPSA) is 18.5 Å². The first kappa shape index (κ1) is 15.2. The summed E-state index contributed by atoms with van der Waals surface area (Å²) in [5.41, 5.74) is 0.947. The van der Waals surface area contributed by atoms with Crippen molar-refractivity contribution < 1.29 is 9.47 Å². The first-order valence-electron chi connectivity index (χ1n) is 5.36. The average molecular weight is 427 g/mol. The molecule has 0 aliphatic heterocycles. The lowest BCUT2D eigenvalue weighted by Gasteiger charge is -2.15. The fourth-order valence-electron chi connectivity index (χ4n) is 1.69. The Morgan fingerprint density at radius 1 is 1.11 bits per heavy atom. The lowest BCUT2D eigenvalue weighted by Crippen LogP contribution is -1.97. The maximum Gasteiger partial charge on any atom is 0.161 e. The molecular weight excluding hydrogens is 415 g/mol. The van der Waals surface area contributed by atoms with E-state index in [9.17, 15) is 0 Å². The van der Waals surface area contributed by atoms with Crippen molar-refractivity contribution in [1.29, 1.82) is 0 Å². The Hall–Kier alpha value is -0.230. The summed E-state index contributed by atoms with van der Waals surface area (Å²) in [6.07, 6.45) is 0. The summed E-state index contributed by atoms with van der Waals surface area (Å²) < 4.78 is 12.5. The van der Waals surface area contributed by atoms with Crippen LogP contribution in [0.3, 0.4) is 0 Å². The molecule has 0 amide bonds. The second-order valence-corrected chi connectivity index (χ2v) is 6.82. The zero-order chi connectivity index (χ0) is 14.0. The molecule has 0 fully saturated rings. The fraction of sp³-hybridized carbons (Fsp3) is 0.231. The summed E-state index contributed by atoms with van der Waals surface area (Å²) in [6, 6.07) is 5.75. The second kappa shape index (κ2) is 6.48. The Bertz CT molecular complexity index is 586. The van der Waals surface area contributed by atoms with E-state index in [2.05, 4.69) is 31.9 Å². The van der Waals surface area contributed by atoms with Crippen molar-refractivity contribution in [3.8, 4) is 11.5 Å². The van der Waals surface area contributed by atoms with Gasteiger partial charge in [-0.2, -0.15) is 0 Å². The molecule has 2 nitrogen and oxygen atoms in total. The van der Waals surface area contributed by atoms with Crippen LogP contribution in [0.25, 0.3) is 0 Å². The first-order valence-corrected chi connectivity index (χ1v) is 8.27. The Morgan fingerprint density at radius 3 is 2.26 bits per heavy atom. The highest BCUT2D eigenvalue weighted by molar-refractivity contribution is 9.10. The van der Waals surface area contributed by atoms with E-state index in [1.807, 2.05) is 23.6 Å². The van der Waals surface area contributed by atoms with E-state index in [-0.39, 0.29) is 5.38 Å². The highest BCUT2D eigenvalue weighted by Gasteiger charge is 2.20. The molecule has 0 saturated heterocycles. The van der Waals surface area contributed by atoms with E-state index >= 15 is 0 Å². The Kier molecular flexibility index (Phi) is 5.17. The Balaban J connectivity index is 2.48. The first-order chi connectivity index (χ1) is 9.08. The SMILES string of the molecule is COc1cc(Br)c(C(Cl)c2sccc2Br)cc1OC. The maximum absolute atomic E-state index is 6.56. The molecule has 1 heterocycles. The minimum absolute atomic E-state index is 0.247. The molecule has 2 rings (SSSR count). The molecule has 6 heteroatoms. The van der Waals surface area contributed by atoms with Crippen molar-refractivity contribution in [2.75, 3.05) is 14.2 Å². The molecule has 0 N–H and O–H groups in total. The number of hydrogen-bond donors (Lipinski definition) is 0. The summed E-state index contributed by atoms with van der Waals surface area (Å²) in [4.78, 5) is 1.06. The van der Waals surface area contributed by atoms with Gasteiger partial charge < -0.3 is 9.47 Å². The quantitative estimate of drug-likeness (QED) is 0.591. The van der Waals surface area contributed by atoms with Crippen LogP contribution < -0.4 is 9.47 Å². The molecule has 1 unspecified atom stereocenters. The number of halogens is 3. The average Bonchev–Trinajstić information content (AvgIpc) is 2.83. The highest BCUT2D eigenvalue weighted by Crippen LogP contribution is 2.43. The highest BCUT2D eigenvalue weighted by atomic mass is 79.9. The normalized spacial score (nSPS) is 12.3. The zero-order valence-corrected chi connectivity index (χ0v) is 15.0. The van der Waals surface area contributed by atoms with Crippen LogP contribution in [-0.2, 0) is 0 Å². The van der Waals surface area contributed by atoms with Crippen molar-refractivity contribution in [3.63, 3.8) is 0 Å². The lowest BCUT2D eigenvalue weighted by atomic mass is 10.1. The van der Waals surface area contributed by atoms with E-state index in [1.54, 1.807) is 25.6 Å². The molecule has 0 bridgehead atoms. The molecule has 0 spiro atoms. The monoisotopic (exact) mass is 424 g/mol. The molecule has 1 aromatic heterocycles. The minimum Gasteiger partial charge on any atom is -0.493 e. The van der Waals surface area contributed by atoms with Gasteiger partial charge in [0.15, 0.2) is 11.5 Å². The molecule has 0 radical (unpaired) electrons. The van der Waals surface area contributed by atoms with Crippen LogP contribution in [0, 0.1) is 0 Å². The third-order valence-electron chi connectivity index (χ3n) is 2.65. The van der Waals surface area contributed by atoms with Crippen LogP contribution in [0.4, 0.5) is 0 Å². The number of ether oxygens (including phenoxy) is 2. The molecule has 1 atom stereocenters. The van der Waals surface area contributed by atoms with Gasteiger partial charge in [0.1, 0.15) is 0 Å². The van der Waals surface area contributed by atoms with Crippen LogP contribution in [0.15, 0.2) is 32.5 Å². The molecule has 0 aliphatic rings. The van der Waals surface area contributed by atoms with E-state index in [1.165, 1.54) is 0 Å². The van der Waals surface area contributed by atoms with Crippen molar-refractivity contribution in [2.24, 2.45) is 0 Å². The summed E-state index contributed by atoms with van der Waals surface area (Å²) in [5, 5.41) is 1.76. The number of hydrogen-bond acceptors (Lipinski definition) is 3. The third kappa shape index (κ3) is 3.10. The van der Waals surface area contributed by atoms with Crippen LogP contribution in [0.5, 0.6) is 11.5 Å². The van der Waals surface area contributed by atoms with Gasteiger partial charge >= 0.3 is 0 Å². The van der Waals surface area contributed by atoms with Gasteiger partial charge in [-0.1, -0.05) is 15.9 Å². The lowest BCUT2D eigenvalue weighted by molar-refractivity contribution is 0.354. The number of rotatable bonds is 4. The van der Waals surface area contributed by atoms with Crippen LogP contribution in [-0.4, -0.2) is 14.2 Å².